The van der Waals surface area contributed by atoms with Gasteiger partial charge in [0, 0.05) is 12.4 Å². The van der Waals surface area contributed by atoms with E-state index in [1.54, 1.807) is 12.1 Å². The lowest BCUT2D eigenvalue weighted by Gasteiger charge is -2.21. The lowest BCUT2D eigenvalue weighted by molar-refractivity contribution is -0.144. The number of alkyl halides is 3. The first-order valence-electron chi connectivity index (χ1n) is 8.07. The molecule has 8 nitrogen and oxygen atoms in total. The zero-order chi connectivity index (χ0) is 20.1. The molecule has 1 aliphatic rings. The summed E-state index contributed by atoms with van der Waals surface area (Å²) < 4.78 is 40.3. The third-order valence-corrected chi connectivity index (χ3v) is 4.21. The molecule has 0 radical (unpaired) electrons. The van der Waals surface area contributed by atoms with Crippen molar-refractivity contribution in [2.24, 2.45) is 0 Å². The normalized spacial score (nSPS) is 15.1. The van der Waals surface area contributed by atoms with Gasteiger partial charge in [-0.25, -0.2) is 15.0 Å². The molecule has 0 aliphatic carbocycles. The SMILES string of the molecule is C[C@@H](c1nc(C(F)(F)F)nn1-c1ncccn1)N1C(=O)c2ccccc2C1=O. The van der Waals surface area contributed by atoms with Gasteiger partial charge in [-0.05, 0) is 25.1 Å². The van der Waals surface area contributed by atoms with Crippen LogP contribution >= 0.6 is 0 Å². The number of amides is 2. The van der Waals surface area contributed by atoms with Crippen LogP contribution < -0.4 is 0 Å². The average molecular weight is 388 g/mol. The zero-order valence-corrected chi connectivity index (χ0v) is 14.3. The van der Waals surface area contributed by atoms with Crippen molar-refractivity contribution in [3.8, 4) is 5.95 Å². The van der Waals surface area contributed by atoms with Gasteiger partial charge in [-0.2, -0.15) is 17.9 Å². The standard InChI is InChI=1S/C17H11F3N6O2/c1-9(25-13(27)10-5-2-3-6-11(10)14(25)28)12-23-15(17(18,19)20)24-26(12)16-21-7-4-8-22-16/h2-9H,1H3/t9-/m0/s1. The average Bonchev–Trinajstić information content (AvgIpc) is 3.23. The van der Waals surface area contributed by atoms with E-state index in [2.05, 4.69) is 20.1 Å². The summed E-state index contributed by atoms with van der Waals surface area (Å²) in [7, 11) is 0. The van der Waals surface area contributed by atoms with Crippen LogP contribution in [0.15, 0.2) is 42.7 Å². The molecular weight excluding hydrogens is 377 g/mol. The smallest absolute Gasteiger partial charge is 0.269 e. The summed E-state index contributed by atoms with van der Waals surface area (Å²) in [4.78, 5) is 37.5. The molecule has 3 heterocycles. The molecule has 1 aromatic carbocycles. The summed E-state index contributed by atoms with van der Waals surface area (Å²) in [5, 5.41) is 3.45. The maximum Gasteiger partial charge on any atom is 0.453 e. The Kier molecular flexibility index (Phi) is 3.95. The quantitative estimate of drug-likeness (QED) is 0.640. The topological polar surface area (TPSA) is 93.9 Å². The number of fused-ring (bicyclic) bond motifs is 1. The van der Waals surface area contributed by atoms with Crippen molar-refractivity contribution < 1.29 is 22.8 Å². The molecule has 3 aromatic rings. The van der Waals surface area contributed by atoms with Gasteiger partial charge in [-0.1, -0.05) is 12.1 Å². The van der Waals surface area contributed by atoms with Crippen LogP contribution in [0.5, 0.6) is 0 Å². The van der Waals surface area contributed by atoms with Gasteiger partial charge in [-0.15, -0.1) is 5.10 Å². The molecule has 4 rings (SSSR count). The molecule has 1 aliphatic heterocycles. The van der Waals surface area contributed by atoms with Crippen LogP contribution in [0.2, 0.25) is 0 Å². The fourth-order valence-corrected chi connectivity index (χ4v) is 2.94. The molecule has 11 heteroatoms. The highest BCUT2D eigenvalue weighted by atomic mass is 19.4. The number of aromatic nitrogens is 5. The van der Waals surface area contributed by atoms with Crippen molar-refractivity contribution in [2.75, 3.05) is 0 Å². The first-order chi connectivity index (χ1) is 13.3. The van der Waals surface area contributed by atoms with Crippen LogP contribution in [0.3, 0.4) is 0 Å². The summed E-state index contributed by atoms with van der Waals surface area (Å²) in [6.45, 7) is 1.39. The van der Waals surface area contributed by atoms with Gasteiger partial charge in [0.15, 0.2) is 5.82 Å². The number of hydrogen-bond donors (Lipinski definition) is 0. The highest BCUT2D eigenvalue weighted by Gasteiger charge is 2.43. The predicted octanol–water partition coefficient (Wildman–Crippen LogP) is 2.43. The van der Waals surface area contributed by atoms with Crippen molar-refractivity contribution in [1.29, 1.82) is 0 Å². The van der Waals surface area contributed by atoms with Crippen LogP contribution in [-0.2, 0) is 6.18 Å². The lowest BCUT2D eigenvalue weighted by Crippen LogP contribution is -2.34. The first kappa shape index (κ1) is 17.8. The van der Waals surface area contributed by atoms with E-state index in [-0.39, 0.29) is 22.9 Å². The van der Waals surface area contributed by atoms with E-state index in [4.69, 9.17) is 0 Å². The third-order valence-electron chi connectivity index (χ3n) is 4.21. The number of carbonyl (C=O) groups is 2. The van der Waals surface area contributed by atoms with Crippen LogP contribution in [0.25, 0.3) is 5.95 Å². The number of carbonyl (C=O) groups excluding carboxylic acids is 2. The van der Waals surface area contributed by atoms with E-state index in [1.807, 2.05) is 0 Å². The van der Waals surface area contributed by atoms with Crippen molar-refractivity contribution in [2.45, 2.75) is 19.1 Å². The van der Waals surface area contributed by atoms with Gasteiger partial charge in [0.2, 0.25) is 0 Å². The number of rotatable bonds is 3. The van der Waals surface area contributed by atoms with E-state index >= 15 is 0 Å². The summed E-state index contributed by atoms with van der Waals surface area (Å²) in [6.07, 6.45) is -2.17. The maximum atomic E-state index is 13.2. The van der Waals surface area contributed by atoms with Crippen molar-refractivity contribution in [3.63, 3.8) is 0 Å². The molecule has 28 heavy (non-hydrogen) atoms. The monoisotopic (exact) mass is 388 g/mol. The Balaban J connectivity index is 1.82. The van der Waals surface area contributed by atoms with E-state index in [0.29, 0.717) is 0 Å². The summed E-state index contributed by atoms with van der Waals surface area (Å²) in [5.41, 5.74) is 0.356. The van der Waals surface area contributed by atoms with Crippen LogP contribution in [0.1, 0.15) is 45.3 Å². The van der Waals surface area contributed by atoms with Gasteiger partial charge in [-0.3, -0.25) is 14.5 Å². The van der Waals surface area contributed by atoms with E-state index < -0.39 is 29.9 Å². The van der Waals surface area contributed by atoms with E-state index in [1.165, 1.54) is 37.5 Å². The Morgan fingerprint density at radius 3 is 2.07 bits per heavy atom. The predicted molar refractivity (Wildman–Crippen MR) is 87.3 cm³/mol. The van der Waals surface area contributed by atoms with Gasteiger partial charge < -0.3 is 0 Å². The molecular formula is C17H11F3N6O2. The van der Waals surface area contributed by atoms with Crippen molar-refractivity contribution >= 4 is 11.8 Å². The van der Waals surface area contributed by atoms with Gasteiger partial charge in [0.1, 0.15) is 0 Å². The molecule has 2 amide bonds. The summed E-state index contributed by atoms with van der Waals surface area (Å²) in [5.74, 6) is -3.11. The molecule has 0 spiro atoms. The Hall–Kier alpha value is -3.63. The highest BCUT2D eigenvalue weighted by molar-refractivity contribution is 6.21. The van der Waals surface area contributed by atoms with Gasteiger partial charge in [0.25, 0.3) is 23.6 Å². The second-order valence-electron chi connectivity index (χ2n) is 5.95. The molecule has 0 bridgehead atoms. The minimum Gasteiger partial charge on any atom is -0.269 e. The Morgan fingerprint density at radius 2 is 1.54 bits per heavy atom. The molecule has 0 N–H and O–H groups in total. The Labute approximate surface area is 155 Å². The fraction of sp³-hybridized carbons (Fsp3) is 0.176. The minimum atomic E-state index is -4.82. The summed E-state index contributed by atoms with van der Waals surface area (Å²) in [6, 6.07) is 6.50. The minimum absolute atomic E-state index is 0.163. The number of nitrogens with zero attached hydrogens (tertiary/aromatic N) is 6. The molecule has 142 valence electrons. The van der Waals surface area contributed by atoms with Crippen LogP contribution in [-0.4, -0.2) is 41.4 Å². The number of hydrogen-bond acceptors (Lipinski definition) is 6. The second kappa shape index (κ2) is 6.22. The maximum absolute atomic E-state index is 13.2. The highest BCUT2D eigenvalue weighted by Crippen LogP contribution is 2.33. The number of halogens is 3. The molecule has 0 unspecified atom stereocenters. The third kappa shape index (κ3) is 2.71. The zero-order valence-electron chi connectivity index (χ0n) is 14.3. The van der Waals surface area contributed by atoms with Gasteiger partial charge >= 0.3 is 6.18 Å². The molecule has 0 saturated heterocycles. The summed E-state index contributed by atoms with van der Waals surface area (Å²) >= 11 is 0. The molecule has 0 fully saturated rings. The fourth-order valence-electron chi connectivity index (χ4n) is 2.94. The van der Waals surface area contributed by atoms with Crippen molar-refractivity contribution in [3.05, 3.63) is 65.5 Å². The second-order valence-corrected chi connectivity index (χ2v) is 5.95. The lowest BCUT2D eigenvalue weighted by atomic mass is 10.1. The van der Waals surface area contributed by atoms with Crippen molar-refractivity contribution in [1.82, 2.24) is 29.6 Å². The van der Waals surface area contributed by atoms with Gasteiger partial charge in [0.05, 0.1) is 17.2 Å². The molecule has 2 aromatic heterocycles. The Morgan fingerprint density at radius 1 is 0.964 bits per heavy atom. The first-order valence-corrected chi connectivity index (χ1v) is 8.07. The molecule has 1 atom stereocenters. The molecule has 0 saturated carbocycles. The van der Waals surface area contributed by atoms with E-state index in [9.17, 15) is 22.8 Å². The Bertz CT molecular complexity index is 1040. The number of imide groups is 1. The van der Waals surface area contributed by atoms with Crippen LogP contribution in [0, 0.1) is 0 Å². The van der Waals surface area contributed by atoms with Crippen LogP contribution in [0.4, 0.5) is 13.2 Å². The largest absolute Gasteiger partial charge is 0.453 e. The van der Waals surface area contributed by atoms with E-state index in [0.717, 1.165) is 9.58 Å². The number of benzene rings is 1.